The van der Waals surface area contributed by atoms with Gasteiger partial charge in [-0.25, -0.2) is 4.79 Å². The number of esters is 1. The van der Waals surface area contributed by atoms with Gasteiger partial charge >= 0.3 is 18.3 Å². The molecule has 10 heteroatoms. The zero-order valence-electron chi connectivity index (χ0n) is 14.8. The largest absolute Gasteiger partial charge is 0.467 e. The predicted molar refractivity (Wildman–Crippen MR) is 83.5 cm³/mol. The highest BCUT2D eigenvalue weighted by Gasteiger charge is 2.39. The van der Waals surface area contributed by atoms with Crippen molar-refractivity contribution in [3.05, 3.63) is 35.4 Å². The van der Waals surface area contributed by atoms with E-state index in [1.165, 1.54) is 26.0 Å². The van der Waals surface area contributed by atoms with Crippen LogP contribution in [0, 0.1) is 5.41 Å². The minimum absolute atomic E-state index is 0.0448. The van der Waals surface area contributed by atoms with Gasteiger partial charge in [0, 0.05) is 5.41 Å². The van der Waals surface area contributed by atoms with Crippen LogP contribution in [-0.4, -0.2) is 31.2 Å². The van der Waals surface area contributed by atoms with Crippen molar-refractivity contribution in [2.45, 2.75) is 45.1 Å². The molecule has 1 rings (SSSR count). The Labute approximate surface area is 151 Å². The highest BCUT2D eigenvalue weighted by Crippen LogP contribution is 2.30. The molecule has 152 valence electrons. The van der Waals surface area contributed by atoms with Crippen molar-refractivity contribution in [2.75, 3.05) is 7.11 Å². The molecule has 0 saturated carbocycles. The smallest absolute Gasteiger partial charge is 0.416 e. The van der Waals surface area contributed by atoms with Crippen LogP contribution in [0.5, 0.6) is 0 Å². The van der Waals surface area contributed by atoms with Gasteiger partial charge in [-0.3, -0.25) is 4.79 Å². The van der Waals surface area contributed by atoms with Crippen LogP contribution < -0.4 is 5.32 Å². The van der Waals surface area contributed by atoms with Gasteiger partial charge in [-0.05, 0) is 24.1 Å². The lowest BCUT2D eigenvalue weighted by Crippen LogP contribution is -2.49. The lowest BCUT2D eigenvalue weighted by Gasteiger charge is -2.27. The maximum absolute atomic E-state index is 12.6. The van der Waals surface area contributed by atoms with Crippen molar-refractivity contribution in [2.24, 2.45) is 5.41 Å². The highest BCUT2D eigenvalue weighted by molar-refractivity contribution is 5.87. The number of ether oxygens (including phenoxy) is 1. The van der Waals surface area contributed by atoms with Gasteiger partial charge in [0.05, 0.1) is 19.1 Å². The first-order chi connectivity index (χ1) is 12.2. The molecule has 1 aromatic carbocycles. The number of rotatable bonds is 6. The van der Waals surface area contributed by atoms with E-state index >= 15 is 0 Å². The fourth-order valence-electron chi connectivity index (χ4n) is 2.32. The molecule has 4 nitrogen and oxygen atoms in total. The minimum Gasteiger partial charge on any atom is -0.467 e. The number of hydrogen-bond acceptors (Lipinski definition) is 3. The van der Waals surface area contributed by atoms with Crippen LogP contribution in [0.1, 0.15) is 31.4 Å². The Hall–Kier alpha value is -2.26. The molecule has 1 atom stereocenters. The molecular weight excluding hydrogens is 380 g/mol. The van der Waals surface area contributed by atoms with E-state index < -0.39 is 47.7 Å². The Morgan fingerprint density at radius 1 is 1.04 bits per heavy atom. The summed E-state index contributed by atoms with van der Waals surface area (Å²) in [4.78, 5) is 23.8. The molecule has 0 heterocycles. The van der Waals surface area contributed by atoms with E-state index in [9.17, 15) is 35.9 Å². The van der Waals surface area contributed by atoms with Crippen molar-refractivity contribution in [1.29, 1.82) is 0 Å². The Kier molecular flexibility index (Phi) is 6.90. The number of benzene rings is 1. The monoisotopic (exact) mass is 399 g/mol. The zero-order valence-corrected chi connectivity index (χ0v) is 14.8. The molecule has 0 bridgehead atoms. The number of amides is 1. The summed E-state index contributed by atoms with van der Waals surface area (Å²) < 4.78 is 79.7. The van der Waals surface area contributed by atoms with Gasteiger partial charge < -0.3 is 10.1 Å². The number of methoxy groups -OCH3 is 1. The van der Waals surface area contributed by atoms with E-state index in [0.29, 0.717) is 5.56 Å². The molecule has 1 aromatic rings. The molecule has 0 aliphatic heterocycles. The van der Waals surface area contributed by atoms with Crippen LogP contribution >= 0.6 is 0 Å². The second-order valence-corrected chi connectivity index (χ2v) is 6.62. The lowest BCUT2D eigenvalue weighted by molar-refractivity contribution is -0.163. The summed E-state index contributed by atoms with van der Waals surface area (Å²) in [7, 11) is 0.894. The number of carbonyl (C=O) groups is 2. The second-order valence-electron chi connectivity index (χ2n) is 6.62. The molecule has 0 aliphatic carbocycles. The number of carbonyl (C=O) groups excluding carboxylic acids is 2. The van der Waals surface area contributed by atoms with Crippen LogP contribution in [0.25, 0.3) is 0 Å². The van der Waals surface area contributed by atoms with Crippen molar-refractivity contribution >= 4 is 11.9 Å². The average molecular weight is 399 g/mol. The van der Waals surface area contributed by atoms with E-state index in [1.54, 1.807) is 0 Å². The summed E-state index contributed by atoms with van der Waals surface area (Å²) in [6.07, 6.45) is -10.8. The van der Waals surface area contributed by atoms with E-state index in [2.05, 4.69) is 4.74 Å². The molecule has 1 N–H and O–H groups in total. The first-order valence-electron chi connectivity index (χ1n) is 7.77. The topological polar surface area (TPSA) is 55.4 Å². The molecule has 0 aliphatic rings. The molecular formula is C17H19F6NO3. The number of nitrogens with one attached hydrogen (secondary N) is 1. The van der Waals surface area contributed by atoms with Crippen LogP contribution in [-0.2, 0) is 26.9 Å². The van der Waals surface area contributed by atoms with E-state index in [1.807, 2.05) is 5.32 Å². The molecule has 1 unspecified atom stereocenters. The summed E-state index contributed by atoms with van der Waals surface area (Å²) in [6.45, 7) is 2.81. The quantitative estimate of drug-likeness (QED) is 0.584. The van der Waals surface area contributed by atoms with Crippen LogP contribution in [0.2, 0.25) is 0 Å². The van der Waals surface area contributed by atoms with Gasteiger partial charge in [0.2, 0.25) is 5.91 Å². The lowest BCUT2D eigenvalue weighted by atomic mass is 9.84. The predicted octanol–water partition coefficient (Wildman–Crippen LogP) is 3.88. The first kappa shape index (κ1) is 22.8. The first-order valence-corrected chi connectivity index (χ1v) is 7.77. The third-order valence-corrected chi connectivity index (χ3v) is 3.77. The Morgan fingerprint density at radius 3 is 1.96 bits per heavy atom. The van der Waals surface area contributed by atoms with E-state index in [4.69, 9.17) is 0 Å². The maximum atomic E-state index is 12.6. The van der Waals surface area contributed by atoms with Gasteiger partial charge in [-0.2, -0.15) is 26.3 Å². The minimum atomic E-state index is -4.70. The molecule has 0 fully saturated rings. The molecule has 27 heavy (non-hydrogen) atoms. The summed E-state index contributed by atoms with van der Waals surface area (Å²) in [6, 6.07) is 2.17. The van der Waals surface area contributed by atoms with Gasteiger partial charge in [-0.15, -0.1) is 0 Å². The van der Waals surface area contributed by atoms with Gasteiger partial charge in [0.15, 0.2) is 0 Å². The summed E-state index contributed by atoms with van der Waals surface area (Å²) in [5.41, 5.74) is -1.75. The fourth-order valence-corrected chi connectivity index (χ4v) is 2.32. The van der Waals surface area contributed by atoms with Crippen LogP contribution in [0.15, 0.2) is 24.3 Å². The normalized spacial score (nSPS) is 13.8. The Bertz CT molecular complexity index is 665. The van der Waals surface area contributed by atoms with E-state index in [-0.39, 0.29) is 6.42 Å². The summed E-state index contributed by atoms with van der Waals surface area (Å²) in [5.74, 6) is -2.10. The second kappa shape index (κ2) is 8.18. The fraction of sp³-hybridized carbons (Fsp3) is 0.529. The third kappa shape index (κ3) is 7.10. The van der Waals surface area contributed by atoms with Crippen molar-refractivity contribution in [3.63, 3.8) is 0 Å². The van der Waals surface area contributed by atoms with Gasteiger partial charge in [0.1, 0.15) is 6.04 Å². The summed E-state index contributed by atoms with van der Waals surface area (Å²) >= 11 is 0. The van der Waals surface area contributed by atoms with Crippen LogP contribution in [0.3, 0.4) is 0 Å². The zero-order chi connectivity index (χ0) is 21.0. The molecule has 1 amide bonds. The molecule has 0 saturated heterocycles. The van der Waals surface area contributed by atoms with Crippen molar-refractivity contribution < 1.29 is 40.7 Å². The van der Waals surface area contributed by atoms with E-state index in [0.717, 1.165) is 19.2 Å². The number of hydrogen-bond donors (Lipinski definition) is 1. The third-order valence-electron chi connectivity index (χ3n) is 3.77. The van der Waals surface area contributed by atoms with Crippen molar-refractivity contribution in [1.82, 2.24) is 5.32 Å². The van der Waals surface area contributed by atoms with Crippen LogP contribution in [0.4, 0.5) is 26.3 Å². The standard InChI is InChI=1S/C17H19F6NO3/c1-15(2,8-10-4-6-11(7-5-10)17(21,22)23)14(26)24-12(13(25)27-3)9-16(18,19)20/h4-7,12H,8-9H2,1-3H3,(H,24,26). The van der Waals surface area contributed by atoms with Gasteiger partial charge in [0.25, 0.3) is 0 Å². The Morgan fingerprint density at radius 2 is 1.56 bits per heavy atom. The Balaban J connectivity index is 2.88. The summed E-state index contributed by atoms with van der Waals surface area (Å²) in [5, 5.41) is 2.01. The highest BCUT2D eigenvalue weighted by atomic mass is 19.4. The van der Waals surface area contributed by atoms with Gasteiger partial charge in [-0.1, -0.05) is 26.0 Å². The number of alkyl halides is 6. The molecule has 0 spiro atoms. The number of halogens is 6. The maximum Gasteiger partial charge on any atom is 0.416 e. The SMILES string of the molecule is COC(=O)C(CC(F)(F)F)NC(=O)C(C)(C)Cc1ccc(C(F)(F)F)cc1. The average Bonchev–Trinajstić information content (AvgIpc) is 2.51. The molecule has 0 radical (unpaired) electrons. The van der Waals surface area contributed by atoms with Crippen molar-refractivity contribution in [3.8, 4) is 0 Å². The molecule has 0 aromatic heterocycles.